The van der Waals surface area contributed by atoms with Crippen LogP contribution in [0.3, 0.4) is 0 Å². The number of aliphatic imine (C=N–C) groups is 1. The van der Waals surface area contributed by atoms with Crippen molar-refractivity contribution in [1.29, 1.82) is 0 Å². The topological polar surface area (TPSA) is 74.9 Å². The van der Waals surface area contributed by atoms with E-state index < -0.39 is 10.8 Å². The molecular formula is C24H31N3O3S. The lowest BCUT2D eigenvalue weighted by Crippen LogP contribution is -2.39. The summed E-state index contributed by atoms with van der Waals surface area (Å²) in [7, 11) is -0.985. The van der Waals surface area contributed by atoms with Gasteiger partial charge in [0.05, 0.1) is 17.3 Å². The highest BCUT2D eigenvalue weighted by Crippen LogP contribution is 2.23. The first-order chi connectivity index (χ1) is 15.0. The Kier molecular flexibility index (Phi) is 7.02. The Bertz CT molecular complexity index is 931. The first-order valence-electron chi connectivity index (χ1n) is 11.1. The second-order valence-electron chi connectivity index (χ2n) is 8.80. The minimum atomic E-state index is -0.985. The molecule has 1 aromatic heterocycles. The van der Waals surface area contributed by atoms with Crippen molar-refractivity contribution in [2.24, 2.45) is 10.9 Å². The van der Waals surface area contributed by atoms with Gasteiger partial charge in [0.15, 0.2) is 5.76 Å². The molecule has 2 aliphatic rings. The van der Waals surface area contributed by atoms with Crippen LogP contribution in [-0.2, 0) is 30.3 Å². The van der Waals surface area contributed by atoms with Crippen molar-refractivity contribution in [2.45, 2.75) is 56.3 Å². The highest BCUT2D eigenvalue weighted by atomic mass is 32.2. The Labute approximate surface area is 186 Å². The van der Waals surface area contributed by atoms with E-state index in [1.54, 1.807) is 6.07 Å². The lowest BCUT2D eigenvalue weighted by molar-refractivity contribution is 0.0921. The Balaban J connectivity index is 1.28. The van der Waals surface area contributed by atoms with Gasteiger partial charge in [0.25, 0.3) is 5.91 Å². The predicted molar refractivity (Wildman–Crippen MR) is 123 cm³/mol. The van der Waals surface area contributed by atoms with Crippen LogP contribution >= 0.6 is 0 Å². The summed E-state index contributed by atoms with van der Waals surface area (Å²) in [5, 5.41) is 3.13. The molecule has 1 unspecified atom stereocenters. The number of hydrogen-bond donors (Lipinski definition) is 1. The summed E-state index contributed by atoms with van der Waals surface area (Å²) in [5.74, 6) is 1.55. The van der Waals surface area contributed by atoms with Crippen LogP contribution in [0.25, 0.3) is 0 Å². The number of nitrogens with one attached hydrogen (secondary N) is 1. The molecule has 0 radical (unpaired) electrons. The van der Waals surface area contributed by atoms with Crippen molar-refractivity contribution in [3.8, 4) is 0 Å². The quantitative estimate of drug-likeness (QED) is 0.713. The van der Waals surface area contributed by atoms with Gasteiger partial charge in [-0.2, -0.15) is 0 Å². The number of piperidine rings is 1. The largest absolute Gasteiger partial charge is 0.454 e. The molecular weight excluding hydrogens is 410 g/mol. The summed E-state index contributed by atoms with van der Waals surface area (Å²) in [6.07, 6.45) is 4.52. The first-order valence-corrected chi connectivity index (χ1v) is 12.3. The average molecular weight is 442 g/mol. The molecule has 2 aromatic rings. The minimum Gasteiger partial charge on any atom is -0.454 e. The van der Waals surface area contributed by atoms with Gasteiger partial charge in [-0.3, -0.25) is 14.0 Å². The summed E-state index contributed by atoms with van der Waals surface area (Å²) < 4.78 is 18.6. The van der Waals surface area contributed by atoms with E-state index in [-0.39, 0.29) is 11.2 Å². The molecule has 1 amide bonds. The number of hydrogen-bond acceptors (Lipinski definition) is 5. The van der Waals surface area contributed by atoms with Crippen molar-refractivity contribution < 1.29 is 13.4 Å². The third kappa shape index (κ3) is 5.52. The zero-order valence-electron chi connectivity index (χ0n) is 18.3. The first kappa shape index (κ1) is 22.0. The molecule has 0 saturated carbocycles. The van der Waals surface area contributed by atoms with E-state index in [4.69, 9.17) is 4.42 Å². The van der Waals surface area contributed by atoms with Gasteiger partial charge in [-0.1, -0.05) is 26.0 Å². The molecule has 6 nitrogen and oxygen atoms in total. The SMILES string of the molecule is CC(C)CN1CCC(S(=O)c2ccc(CNC(=O)c3cc4c(o3)CN=CC4)cc2)CC1. The average Bonchev–Trinajstić information content (AvgIpc) is 3.22. The number of nitrogens with zero attached hydrogens (tertiary/aromatic N) is 2. The van der Waals surface area contributed by atoms with Crippen LogP contribution in [0.2, 0.25) is 0 Å². The smallest absolute Gasteiger partial charge is 0.287 e. The second kappa shape index (κ2) is 9.92. The van der Waals surface area contributed by atoms with Gasteiger partial charge in [-0.25, -0.2) is 0 Å². The number of fused-ring (bicyclic) bond motifs is 1. The van der Waals surface area contributed by atoms with E-state index in [2.05, 4.69) is 29.1 Å². The molecule has 0 aliphatic carbocycles. The highest BCUT2D eigenvalue weighted by Gasteiger charge is 2.25. The fourth-order valence-electron chi connectivity index (χ4n) is 4.22. The van der Waals surface area contributed by atoms with E-state index in [9.17, 15) is 9.00 Å². The fraction of sp³-hybridized carbons (Fsp3) is 0.500. The number of carbonyl (C=O) groups excluding carboxylic acids is 1. The molecule has 1 aromatic carbocycles. The van der Waals surface area contributed by atoms with Crippen LogP contribution in [-0.4, -0.2) is 46.1 Å². The second-order valence-corrected chi connectivity index (χ2v) is 10.5. The minimum absolute atomic E-state index is 0.225. The third-order valence-electron chi connectivity index (χ3n) is 5.87. The maximum absolute atomic E-state index is 13.0. The molecule has 1 saturated heterocycles. The summed E-state index contributed by atoms with van der Waals surface area (Å²) in [5.41, 5.74) is 2.00. The van der Waals surface area contributed by atoms with E-state index in [0.29, 0.717) is 31.2 Å². The number of benzene rings is 1. The molecule has 31 heavy (non-hydrogen) atoms. The Morgan fingerprint density at radius 1 is 1.26 bits per heavy atom. The maximum Gasteiger partial charge on any atom is 0.287 e. The fourth-order valence-corrected chi connectivity index (χ4v) is 5.65. The molecule has 0 bridgehead atoms. The molecule has 7 heteroatoms. The maximum atomic E-state index is 13.0. The van der Waals surface area contributed by atoms with Crippen LogP contribution in [0.1, 0.15) is 54.1 Å². The summed E-state index contributed by atoms with van der Waals surface area (Å²) in [4.78, 5) is 19.9. The Morgan fingerprint density at radius 3 is 2.68 bits per heavy atom. The standard InChI is InChI=1S/C24H31N3O3S/c1-17(2)16-27-11-8-21(9-12-27)31(29)20-5-3-18(4-6-20)14-26-24(28)22-13-19-7-10-25-15-23(19)30-22/h3-6,10,13,17,21H,7-9,11-12,14-16H2,1-2H3,(H,26,28). The molecule has 166 valence electrons. The summed E-state index contributed by atoms with van der Waals surface area (Å²) in [6, 6.07) is 9.56. The number of amides is 1. The van der Waals surface area contributed by atoms with Gasteiger partial charge >= 0.3 is 0 Å². The molecule has 1 fully saturated rings. The zero-order valence-corrected chi connectivity index (χ0v) is 19.1. The lowest BCUT2D eigenvalue weighted by Gasteiger charge is -2.32. The van der Waals surface area contributed by atoms with Crippen LogP contribution in [0.5, 0.6) is 0 Å². The van der Waals surface area contributed by atoms with Crippen molar-refractivity contribution in [3.63, 3.8) is 0 Å². The van der Waals surface area contributed by atoms with Gasteiger partial charge in [0.2, 0.25) is 0 Å². The Hall–Kier alpha value is -2.25. The molecule has 0 spiro atoms. The van der Waals surface area contributed by atoms with Gasteiger partial charge in [-0.05, 0) is 55.6 Å². The molecule has 1 atom stereocenters. The van der Waals surface area contributed by atoms with E-state index in [1.165, 1.54) is 0 Å². The molecule has 3 heterocycles. The molecule has 2 aliphatic heterocycles. The van der Waals surface area contributed by atoms with Crippen molar-refractivity contribution in [3.05, 3.63) is 53.0 Å². The van der Waals surface area contributed by atoms with Crippen LogP contribution in [0.4, 0.5) is 0 Å². The van der Waals surface area contributed by atoms with Gasteiger partial charge < -0.3 is 14.6 Å². The van der Waals surface area contributed by atoms with Crippen molar-refractivity contribution in [1.82, 2.24) is 10.2 Å². The Morgan fingerprint density at radius 2 is 2.00 bits per heavy atom. The van der Waals surface area contributed by atoms with Crippen molar-refractivity contribution in [2.75, 3.05) is 19.6 Å². The van der Waals surface area contributed by atoms with E-state index >= 15 is 0 Å². The highest BCUT2D eigenvalue weighted by molar-refractivity contribution is 7.85. The van der Waals surface area contributed by atoms with Crippen LogP contribution in [0, 0.1) is 5.92 Å². The van der Waals surface area contributed by atoms with Gasteiger partial charge in [-0.15, -0.1) is 0 Å². The zero-order chi connectivity index (χ0) is 21.8. The van der Waals surface area contributed by atoms with Crippen LogP contribution < -0.4 is 5.32 Å². The predicted octanol–water partition coefficient (Wildman–Crippen LogP) is 3.56. The summed E-state index contributed by atoms with van der Waals surface area (Å²) in [6.45, 7) is 8.56. The normalized spacial score (nSPS) is 18.2. The number of furan rings is 1. The van der Waals surface area contributed by atoms with Gasteiger partial charge in [0.1, 0.15) is 5.76 Å². The summed E-state index contributed by atoms with van der Waals surface area (Å²) >= 11 is 0. The van der Waals surface area contributed by atoms with E-state index in [1.807, 2.05) is 30.5 Å². The van der Waals surface area contributed by atoms with Crippen molar-refractivity contribution >= 4 is 22.9 Å². The third-order valence-corrected chi connectivity index (χ3v) is 7.68. The molecule has 4 rings (SSSR count). The number of rotatable bonds is 7. The lowest BCUT2D eigenvalue weighted by atomic mass is 10.1. The number of likely N-dealkylation sites (tertiary alicyclic amines) is 1. The van der Waals surface area contributed by atoms with Crippen LogP contribution in [0.15, 0.2) is 44.6 Å². The monoisotopic (exact) mass is 441 g/mol. The number of carbonyl (C=O) groups is 1. The van der Waals surface area contributed by atoms with E-state index in [0.717, 1.165) is 54.3 Å². The van der Waals surface area contributed by atoms with Gasteiger partial charge in [0, 0.05) is 41.4 Å². The molecule has 1 N–H and O–H groups in total.